The van der Waals surface area contributed by atoms with Gasteiger partial charge in [0.1, 0.15) is 5.76 Å². The molecule has 0 spiro atoms. The third-order valence-corrected chi connectivity index (χ3v) is 3.36. The van der Waals surface area contributed by atoms with E-state index in [9.17, 15) is 9.59 Å². The van der Waals surface area contributed by atoms with Gasteiger partial charge in [0.15, 0.2) is 0 Å². The molecule has 1 aromatic carbocycles. The van der Waals surface area contributed by atoms with Gasteiger partial charge in [-0.15, -0.1) is 0 Å². The van der Waals surface area contributed by atoms with Crippen LogP contribution in [0.4, 0.5) is 0 Å². The number of nitrogens with zero attached hydrogens (tertiary/aromatic N) is 1. The first-order valence-corrected chi connectivity index (χ1v) is 6.46. The van der Waals surface area contributed by atoms with Crippen LogP contribution in [0.3, 0.4) is 0 Å². The summed E-state index contributed by atoms with van der Waals surface area (Å²) < 4.78 is 5.33. The lowest BCUT2D eigenvalue weighted by molar-refractivity contribution is 0.0508. The maximum Gasteiger partial charge on any atom is 0.262 e. The summed E-state index contributed by atoms with van der Waals surface area (Å²) in [6, 6.07) is 8.83. The minimum atomic E-state index is -0.530. The first kappa shape index (κ1) is 12.7. The Kier molecular flexibility index (Phi) is 2.57. The highest BCUT2D eigenvalue weighted by Crippen LogP contribution is 2.32. The van der Waals surface area contributed by atoms with Gasteiger partial charge in [0.05, 0.1) is 17.4 Å². The third-order valence-electron chi connectivity index (χ3n) is 3.36. The molecule has 4 heteroatoms. The Morgan fingerprint density at radius 2 is 1.70 bits per heavy atom. The summed E-state index contributed by atoms with van der Waals surface area (Å²) in [7, 11) is 0. The van der Waals surface area contributed by atoms with Gasteiger partial charge in [-0.3, -0.25) is 14.5 Å². The molecule has 0 aliphatic carbocycles. The molecule has 0 saturated carbocycles. The number of fused-ring (bicyclic) bond motifs is 1. The van der Waals surface area contributed by atoms with Gasteiger partial charge in [-0.1, -0.05) is 6.07 Å². The van der Waals surface area contributed by atoms with E-state index in [1.165, 1.54) is 4.90 Å². The van der Waals surface area contributed by atoms with Crippen LogP contribution in [0, 0.1) is 0 Å². The number of hydrogen-bond donors (Lipinski definition) is 0. The lowest BCUT2D eigenvalue weighted by atomic mass is 10.0. The summed E-state index contributed by atoms with van der Waals surface area (Å²) in [4.78, 5) is 26.1. The van der Waals surface area contributed by atoms with Crippen molar-refractivity contribution in [1.82, 2.24) is 4.90 Å². The van der Waals surface area contributed by atoms with Gasteiger partial charge >= 0.3 is 0 Å². The summed E-state index contributed by atoms with van der Waals surface area (Å²) in [5.74, 6) is 0.205. The van der Waals surface area contributed by atoms with Crippen LogP contribution in [0.1, 0.15) is 41.5 Å². The quantitative estimate of drug-likeness (QED) is 0.746. The molecule has 0 bridgehead atoms. The highest BCUT2D eigenvalue weighted by atomic mass is 16.3. The van der Waals surface area contributed by atoms with Gasteiger partial charge in [0.25, 0.3) is 11.8 Å². The van der Waals surface area contributed by atoms with Crippen LogP contribution in [0.5, 0.6) is 0 Å². The lowest BCUT2D eigenvalue weighted by Gasteiger charge is -2.29. The van der Waals surface area contributed by atoms with Crippen molar-refractivity contribution in [1.29, 1.82) is 0 Å². The van der Waals surface area contributed by atoms with Gasteiger partial charge in [-0.05, 0) is 45.0 Å². The van der Waals surface area contributed by atoms with Crippen molar-refractivity contribution < 1.29 is 14.0 Å². The van der Waals surface area contributed by atoms with Crippen molar-refractivity contribution in [3.05, 3.63) is 47.7 Å². The monoisotopic (exact) mass is 269 g/mol. The molecule has 20 heavy (non-hydrogen) atoms. The van der Waals surface area contributed by atoms with E-state index >= 15 is 0 Å². The molecule has 1 aliphatic rings. The van der Waals surface area contributed by atoms with Crippen LogP contribution in [0.2, 0.25) is 0 Å². The van der Waals surface area contributed by atoms with E-state index in [-0.39, 0.29) is 11.8 Å². The fourth-order valence-corrected chi connectivity index (χ4v) is 2.45. The summed E-state index contributed by atoms with van der Waals surface area (Å²) in [5.41, 5.74) is 1.17. The molecule has 4 nitrogen and oxygen atoms in total. The topological polar surface area (TPSA) is 50.5 Å². The second-order valence-corrected chi connectivity index (χ2v) is 5.85. The van der Waals surface area contributed by atoms with Gasteiger partial charge in [0, 0.05) is 11.1 Å². The minimum Gasteiger partial charge on any atom is -0.464 e. The Labute approximate surface area is 117 Å². The smallest absolute Gasteiger partial charge is 0.262 e. The number of rotatable bonds is 1. The number of amides is 2. The molecular weight excluding hydrogens is 254 g/mol. The molecule has 102 valence electrons. The van der Waals surface area contributed by atoms with Crippen molar-refractivity contribution in [2.75, 3.05) is 0 Å². The largest absolute Gasteiger partial charge is 0.464 e. The normalized spacial score (nSPS) is 14.8. The second-order valence-electron chi connectivity index (χ2n) is 5.85. The van der Waals surface area contributed by atoms with Gasteiger partial charge < -0.3 is 4.42 Å². The molecule has 0 N–H and O–H groups in total. The number of hydrogen-bond acceptors (Lipinski definition) is 3. The molecule has 0 saturated heterocycles. The molecule has 0 radical (unpaired) electrons. The van der Waals surface area contributed by atoms with Crippen molar-refractivity contribution in [2.24, 2.45) is 0 Å². The molecule has 1 aromatic heterocycles. The molecule has 2 amide bonds. The zero-order valence-electron chi connectivity index (χ0n) is 11.6. The van der Waals surface area contributed by atoms with E-state index in [0.29, 0.717) is 16.9 Å². The lowest BCUT2D eigenvalue weighted by Crippen LogP contribution is -2.45. The van der Waals surface area contributed by atoms with Crippen LogP contribution < -0.4 is 0 Å². The van der Waals surface area contributed by atoms with E-state index in [2.05, 4.69) is 0 Å². The second kappa shape index (κ2) is 4.07. The Morgan fingerprint density at radius 1 is 1.00 bits per heavy atom. The van der Waals surface area contributed by atoms with Gasteiger partial charge in [0.2, 0.25) is 0 Å². The average molecular weight is 269 g/mol. The summed E-state index contributed by atoms with van der Waals surface area (Å²) in [5, 5.41) is 0. The van der Waals surface area contributed by atoms with Crippen LogP contribution in [-0.2, 0) is 0 Å². The Hall–Kier alpha value is -2.36. The molecule has 0 unspecified atom stereocenters. The Balaban J connectivity index is 2.10. The minimum absolute atomic E-state index is 0.233. The fraction of sp³-hybridized carbons (Fsp3) is 0.250. The highest BCUT2D eigenvalue weighted by Gasteiger charge is 2.41. The molecule has 1 aliphatic heterocycles. The van der Waals surface area contributed by atoms with Crippen LogP contribution in [-0.4, -0.2) is 22.3 Å². The number of furan rings is 1. The number of benzene rings is 1. The number of carbonyl (C=O) groups excluding carboxylic acids is 2. The highest BCUT2D eigenvalue weighted by molar-refractivity contribution is 6.22. The van der Waals surface area contributed by atoms with Crippen molar-refractivity contribution in [2.45, 2.75) is 26.3 Å². The number of carbonyl (C=O) groups is 2. The predicted octanol–water partition coefficient (Wildman–Crippen LogP) is 3.34. The van der Waals surface area contributed by atoms with Crippen molar-refractivity contribution in [3.8, 4) is 11.3 Å². The summed E-state index contributed by atoms with van der Waals surface area (Å²) in [6.07, 6.45) is 1.58. The van der Waals surface area contributed by atoms with Crippen LogP contribution in [0.25, 0.3) is 11.3 Å². The van der Waals surface area contributed by atoms with Gasteiger partial charge in [-0.2, -0.15) is 0 Å². The summed E-state index contributed by atoms with van der Waals surface area (Å²) in [6.45, 7) is 5.55. The van der Waals surface area contributed by atoms with E-state index in [0.717, 1.165) is 5.56 Å². The maximum atomic E-state index is 12.5. The van der Waals surface area contributed by atoms with Crippen molar-refractivity contribution >= 4 is 11.8 Å². The molecule has 2 heterocycles. The Morgan fingerprint density at radius 3 is 2.30 bits per heavy atom. The molecule has 2 aromatic rings. The third kappa shape index (κ3) is 1.76. The van der Waals surface area contributed by atoms with Crippen LogP contribution >= 0.6 is 0 Å². The van der Waals surface area contributed by atoms with Crippen molar-refractivity contribution in [3.63, 3.8) is 0 Å². The SMILES string of the molecule is CC(C)(C)N1C(=O)c2ccc(-c3ccco3)cc2C1=O. The van der Waals surface area contributed by atoms with E-state index < -0.39 is 5.54 Å². The standard InChI is InChI=1S/C16H15NO3/c1-16(2,3)17-14(18)11-7-6-10(9-12(11)15(17)19)13-5-4-8-20-13/h4-9H,1-3H3. The van der Waals surface area contributed by atoms with Gasteiger partial charge in [-0.25, -0.2) is 0 Å². The summed E-state index contributed by atoms with van der Waals surface area (Å²) >= 11 is 0. The molecule has 3 rings (SSSR count). The van der Waals surface area contributed by atoms with E-state index in [4.69, 9.17) is 4.42 Å². The van der Waals surface area contributed by atoms with E-state index in [1.54, 1.807) is 30.5 Å². The maximum absolute atomic E-state index is 12.5. The molecule has 0 atom stereocenters. The molecular formula is C16H15NO3. The van der Waals surface area contributed by atoms with E-state index in [1.807, 2.05) is 26.8 Å². The zero-order chi connectivity index (χ0) is 14.5. The molecule has 0 fully saturated rings. The zero-order valence-corrected chi connectivity index (χ0v) is 11.6. The first-order chi connectivity index (χ1) is 9.39. The number of imide groups is 1. The first-order valence-electron chi connectivity index (χ1n) is 6.46. The predicted molar refractivity (Wildman–Crippen MR) is 74.4 cm³/mol. The Bertz CT molecular complexity index is 693. The fourth-order valence-electron chi connectivity index (χ4n) is 2.45. The van der Waals surface area contributed by atoms with Crippen LogP contribution in [0.15, 0.2) is 41.0 Å². The average Bonchev–Trinajstić information content (AvgIpc) is 2.96.